The average molecular weight is 422 g/mol. The minimum absolute atomic E-state index is 0.135. The Kier molecular flexibility index (Phi) is 5.75. The van der Waals surface area contributed by atoms with E-state index in [0.717, 1.165) is 5.69 Å². The van der Waals surface area contributed by atoms with Crippen LogP contribution in [0.2, 0.25) is 0 Å². The van der Waals surface area contributed by atoms with E-state index in [1.807, 2.05) is 30.3 Å². The number of anilines is 1. The van der Waals surface area contributed by atoms with Gasteiger partial charge in [-0.3, -0.25) is 9.78 Å². The van der Waals surface area contributed by atoms with E-state index in [4.69, 9.17) is 9.47 Å². The second-order valence-electron chi connectivity index (χ2n) is 6.12. The maximum Gasteiger partial charge on any atom is 0.234 e. The van der Waals surface area contributed by atoms with E-state index in [9.17, 15) is 4.79 Å². The summed E-state index contributed by atoms with van der Waals surface area (Å²) in [7, 11) is 3.11. The number of nitrogens with zero attached hydrogens (tertiary/aromatic N) is 5. The van der Waals surface area contributed by atoms with Crippen LogP contribution in [-0.4, -0.2) is 50.7 Å². The summed E-state index contributed by atoms with van der Waals surface area (Å²) in [6.07, 6.45) is 1.71. The third-order valence-corrected chi connectivity index (χ3v) is 5.05. The van der Waals surface area contributed by atoms with Crippen LogP contribution in [0.1, 0.15) is 0 Å². The summed E-state index contributed by atoms with van der Waals surface area (Å²) in [5.41, 5.74) is 2.61. The van der Waals surface area contributed by atoms with Crippen LogP contribution in [0.5, 0.6) is 11.5 Å². The quantitative estimate of drug-likeness (QED) is 0.454. The van der Waals surface area contributed by atoms with Crippen molar-refractivity contribution in [1.29, 1.82) is 0 Å². The monoisotopic (exact) mass is 422 g/mol. The van der Waals surface area contributed by atoms with Crippen LogP contribution < -0.4 is 14.8 Å². The molecule has 10 heteroatoms. The molecule has 1 amide bonds. The number of amides is 1. The van der Waals surface area contributed by atoms with Crippen molar-refractivity contribution in [1.82, 2.24) is 24.8 Å². The van der Waals surface area contributed by atoms with Gasteiger partial charge in [0.1, 0.15) is 17.2 Å². The zero-order valence-corrected chi connectivity index (χ0v) is 17.1. The number of carbonyl (C=O) groups is 1. The molecule has 4 rings (SSSR count). The Balaban J connectivity index is 1.48. The van der Waals surface area contributed by atoms with E-state index in [-0.39, 0.29) is 11.7 Å². The predicted octanol–water partition coefficient (Wildman–Crippen LogP) is 2.93. The van der Waals surface area contributed by atoms with E-state index < -0.39 is 0 Å². The van der Waals surface area contributed by atoms with Crippen molar-refractivity contribution in [2.75, 3.05) is 25.3 Å². The molecular weight excluding hydrogens is 404 g/mol. The number of methoxy groups -OCH3 is 2. The van der Waals surface area contributed by atoms with E-state index in [2.05, 4.69) is 25.6 Å². The Morgan fingerprint density at radius 2 is 1.83 bits per heavy atom. The molecule has 0 aliphatic carbocycles. The number of carbonyl (C=O) groups excluding carboxylic acids is 1. The number of nitrogens with one attached hydrogen (secondary N) is 1. The first kappa shape index (κ1) is 19.6. The van der Waals surface area contributed by atoms with Gasteiger partial charge >= 0.3 is 0 Å². The number of hydrogen-bond donors (Lipinski definition) is 1. The van der Waals surface area contributed by atoms with Crippen LogP contribution in [0.3, 0.4) is 0 Å². The van der Waals surface area contributed by atoms with Gasteiger partial charge in [0, 0.05) is 30.1 Å². The molecule has 0 unspecified atom stereocenters. The maximum atomic E-state index is 12.4. The smallest absolute Gasteiger partial charge is 0.234 e. The first-order valence-corrected chi connectivity index (χ1v) is 9.94. The topological polar surface area (TPSA) is 104 Å². The number of ether oxygens (including phenoxy) is 2. The molecule has 0 saturated heterocycles. The van der Waals surface area contributed by atoms with Gasteiger partial charge in [-0.25, -0.2) is 0 Å². The Hall–Kier alpha value is -3.66. The highest BCUT2D eigenvalue weighted by Crippen LogP contribution is 2.26. The first-order valence-electron chi connectivity index (χ1n) is 8.96. The maximum absolute atomic E-state index is 12.4. The molecule has 0 atom stereocenters. The highest BCUT2D eigenvalue weighted by atomic mass is 32.2. The summed E-state index contributed by atoms with van der Waals surface area (Å²) >= 11 is 1.24. The number of benzene rings is 1. The van der Waals surface area contributed by atoms with Gasteiger partial charge in [0.05, 0.1) is 25.7 Å². The van der Waals surface area contributed by atoms with Gasteiger partial charge in [-0.05, 0) is 24.3 Å². The van der Waals surface area contributed by atoms with Gasteiger partial charge < -0.3 is 14.8 Å². The standard InChI is InChI=1S/C20H18N6O3S/c1-28-14-9-13(10-15(11-14)29-2)22-19(27)12-30-20-24-23-18-7-6-17(25-26(18)20)16-5-3-4-8-21-16/h3-11H,12H2,1-2H3,(H,22,27). The molecule has 3 heterocycles. The van der Waals surface area contributed by atoms with Crippen molar-refractivity contribution in [3.8, 4) is 22.9 Å². The third kappa shape index (κ3) is 4.33. The van der Waals surface area contributed by atoms with Gasteiger partial charge in [0.15, 0.2) is 5.65 Å². The highest BCUT2D eigenvalue weighted by molar-refractivity contribution is 7.99. The Labute approximate surface area is 176 Å². The van der Waals surface area contributed by atoms with Gasteiger partial charge in [0.2, 0.25) is 11.1 Å². The van der Waals surface area contributed by atoms with E-state index in [1.165, 1.54) is 11.8 Å². The Morgan fingerprint density at radius 1 is 1.03 bits per heavy atom. The molecule has 1 N–H and O–H groups in total. The number of rotatable bonds is 7. The van der Waals surface area contributed by atoms with Gasteiger partial charge in [-0.1, -0.05) is 17.8 Å². The molecule has 0 radical (unpaired) electrons. The van der Waals surface area contributed by atoms with Crippen LogP contribution in [-0.2, 0) is 4.79 Å². The van der Waals surface area contributed by atoms with Crippen LogP contribution in [0.15, 0.2) is 59.9 Å². The van der Waals surface area contributed by atoms with E-state index >= 15 is 0 Å². The van der Waals surface area contributed by atoms with Crippen molar-refractivity contribution in [3.63, 3.8) is 0 Å². The SMILES string of the molecule is COc1cc(NC(=O)CSc2nnc3ccc(-c4ccccn4)nn23)cc(OC)c1. The molecule has 9 nitrogen and oxygen atoms in total. The molecule has 0 saturated carbocycles. The lowest BCUT2D eigenvalue weighted by molar-refractivity contribution is -0.113. The van der Waals surface area contributed by atoms with Crippen LogP contribution in [0.4, 0.5) is 5.69 Å². The lowest BCUT2D eigenvalue weighted by atomic mass is 10.2. The Bertz CT molecular complexity index is 1160. The number of fused-ring (bicyclic) bond motifs is 1. The molecule has 0 spiro atoms. The van der Waals surface area contributed by atoms with Crippen LogP contribution in [0, 0.1) is 0 Å². The minimum atomic E-state index is -0.201. The van der Waals surface area contributed by atoms with Crippen molar-refractivity contribution < 1.29 is 14.3 Å². The molecule has 0 fully saturated rings. The number of aromatic nitrogens is 5. The zero-order valence-electron chi connectivity index (χ0n) is 16.3. The summed E-state index contributed by atoms with van der Waals surface area (Å²) in [5.74, 6) is 1.11. The fourth-order valence-electron chi connectivity index (χ4n) is 2.72. The van der Waals surface area contributed by atoms with E-state index in [0.29, 0.717) is 33.7 Å². The Morgan fingerprint density at radius 3 is 2.53 bits per heavy atom. The molecule has 4 aromatic rings. The van der Waals surface area contributed by atoms with Crippen molar-refractivity contribution in [2.45, 2.75) is 5.16 Å². The molecule has 0 bridgehead atoms. The summed E-state index contributed by atoms with van der Waals surface area (Å²) < 4.78 is 12.1. The molecule has 0 aliphatic heterocycles. The van der Waals surface area contributed by atoms with Crippen LogP contribution >= 0.6 is 11.8 Å². The summed E-state index contributed by atoms with van der Waals surface area (Å²) in [6.45, 7) is 0. The van der Waals surface area contributed by atoms with Gasteiger partial charge in [0.25, 0.3) is 0 Å². The molecular formula is C20H18N6O3S. The fourth-order valence-corrected chi connectivity index (χ4v) is 3.40. The summed E-state index contributed by atoms with van der Waals surface area (Å²) in [4.78, 5) is 16.7. The normalized spacial score (nSPS) is 10.7. The second kappa shape index (κ2) is 8.78. The first-order chi connectivity index (χ1) is 14.7. The lowest BCUT2D eigenvalue weighted by Crippen LogP contribution is -2.14. The zero-order chi connectivity index (χ0) is 20.9. The number of thioether (sulfide) groups is 1. The summed E-state index contributed by atoms with van der Waals surface area (Å²) in [5, 5.41) is 16.1. The average Bonchev–Trinajstić information content (AvgIpc) is 3.20. The molecule has 152 valence electrons. The molecule has 1 aromatic carbocycles. The van der Waals surface area contributed by atoms with Gasteiger partial charge in [-0.2, -0.15) is 9.61 Å². The van der Waals surface area contributed by atoms with E-state index in [1.54, 1.807) is 43.1 Å². The highest BCUT2D eigenvalue weighted by Gasteiger charge is 2.13. The molecule has 3 aromatic heterocycles. The van der Waals surface area contributed by atoms with Crippen molar-refractivity contribution in [3.05, 3.63) is 54.7 Å². The predicted molar refractivity (Wildman–Crippen MR) is 113 cm³/mol. The third-order valence-electron chi connectivity index (χ3n) is 4.13. The van der Waals surface area contributed by atoms with Crippen molar-refractivity contribution >= 4 is 29.0 Å². The lowest BCUT2D eigenvalue weighted by Gasteiger charge is -2.09. The molecule has 0 aliphatic rings. The minimum Gasteiger partial charge on any atom is -0.497 e. The van der Waals surface area contributed by atoms with Gasteiger partial charge in [-0.15, -0.1) is 10.2 Å². The molecule has 30 heavy (non-hydrogen) atoms. The number of pyridine rings is 1. The second-order valence-corrected chi connectivity index (χ2v) is 7.07. The summed E-state index contributed by atoms with van der Waals surface area (Å²) in [6, 6.07) is 14.4. The fraction of sp³-hybridized carbons (Fsp3) is 0.150. The number of hydrogen-bond acceptors (Lipinski definition) is 8. The van der Waals surface area contributed by atoms with Crippen molar-refractivity contribution in [2.24, 2.45) is 0 Å². The van der Waals surface area contributed by atoms with Crippen LogP contribution in [0.25, 0.3) is 17.0 Å². The largest absolute Gasteiger partial charge is 0.497 e.